The van der Waals surface area contributed by atoms with Crippen molar-refractivity contribution in [3.63, 3.8) is 0 Å². The molecule has 5 heteroatoms. The summed E-state index contributed by atoms with van der Waals surface area (Å²) in [7, 11) is 0. The second-order valence-corrected chi connectivity index (χ2v) is 4.67. The lowest BCUT2D eigenvalue weighted by atomic mass is 10.1. The Morgan fingerprint density at radius 3 is 2.56 bits per heavy atom. The lowest BCUT2D eigenvalue weighted by Crippen LogP contribution is -2.42. The quantitative estimate of drug-likeness (QED) is 0.834. The van der Waals surface area contributed by atoms with Crippen molar-refractivity contribution in [3.8, 4) is 0 Å². The van der Waals surface area contributed by atoms with Crippen LogP contribution in [0, 0.1) is 0 Å². The lowest BCUT2D eigenvalue weighted by Gasteiger charge is -2.20. The number of benzene rings is 1. The van der Waals surface area contributed by atoms with Gasteiger partial charge in [0.2, 0.25) is 0 Å². The standard InChI is InChI=1S/C11H11BrN2O2/c1-6(5-13)14-10(15)8-3-2-7(12)4-9(8)11(14)16/h2-4,6H,5,13H2,1H3. The average molecular weight is 283 g/mol. The first-order valence-corrected chi connectivity index (χ1v) is 5.73. The molecule has 0 aromatic heterocycles. The molecule has 1 atom stereocenters. The van der Waals surface area contributed by atoms with Gasteiger partial charge in [-0.2, -0.15) is 0 Å². The molecule has 1 aromatic rings. The highest BCUT2D eigenvalue weighted by Crippen LogP contribution is 2.27. The van der Waals surface area contributed by atoms with E-state index in [2.05, 4.69) is 15.9 Å². The van der Waals surface area contributed by atoms with E-state index in [0.717, 1.165) is 4.47 Å². The number of halogens is 1. The normalized spacial score (nSPS) is 16.6. The van der Waals surface area contributed by atoms with Crippen molar-refractivity contribution < 1.29 is 9.59 Å². The number of nitrogens with zero attached hydrogens (tertiary/aromatic N) is 1. The van der Waals surface area contributed by atoms with Crippen molar-refractivity contribution in [1.29, 1.82) is 0 Å². The summed E-state index contributed by atoms with van der Waals surface area (Å²) in [5, 5.41) is 0. The predicted molar refractivity (Wildman–Crippen MR) is 63.2 cm³/mol. The number of amides is 2. The number of imide groups is 1. The zero-order chi connectivity index (χ0) is 11.9. The third kappa shape index (κ3) is 1.56. The van der Waals surface area contributed by atoms with Crippen LogP contribution < -0.4 is 5.73 Å². The van der Waals surface area contributed by atoms with Gasteiger partial charge in [0.1, 0.15) is 0 Å². The van der Waals surface area contributed by atoms with Crippen LogP contribution in [0.2, 0.25) is 0 Å². The van der Waals surface area contributed by atoms with Crippen LogP contribution >= 0.6 is 15.9 Å². The SMILES string of the molecule is CC(CN)N1C(=O)c2ccc(Br)cc2C1=O. The maximum Gasteiger partial charge on any atom is 0.261 e. The topological polar surface area (TPSA) is 63.4 Å². The van der Waals surface area contributed by atoms with E-state index in [9.17, 15) is 9.59 Å². The van der Waals surface area contributed by atoms with E-state index in [4.69, 9.17) is 5.73 Å². The van der Waals surface area contributed by atoms with Crippen molar-refractivity contribution in [2.24, 2.45) is 5.73 Å². The monoisotopic (exact) mass is 282 g/mol. The molecule has 16 heavy (non-hydrogen) atoms. The summed E-state index contributed by atoms with van der Waals surface area (Å²) in [4.78, 5) is 25.2. The van der Waals surface area contributed by atoms with Crippen LogP contribution in [0.25, 0.3) is 0 Å². The number of hydrogen-bond donors (Lipinski definition) is 1. The Labute approximate surface area is 102 Å². The molecule has 0 radical (unpaired) electrons. The first-order valence-electron chi connectivity index (χ1n) is 4.93. The van der Waals surface area contributed by atoms with Gasteiger partial charge in [0.15, 0.2) is 0 Å². The van der Waals surface area contributed by atoms with Gasteiger partial charge in [0.05, 0.1) is 11.1 Å². The molecule has 0 bridgehead atoms. The average Bonchev–Trinajstić information content (AvgIpc) is 2.51. The van der Waals surface area contributed by atoms with Crippen molar-refractivity contribution in [2.75, 3.05) is 6.54 Å². The van der Waals surface area contributed by atoms with Gasteiger partial charge < -0.3 is 5.73 Å². The lowest BCUT2D eigenvalue weighted by molar-refractivity contribution is 0.0602. The van der Waals surface area contributed by atoms with Crippen LogP contribution in [0.3, 0.4) is 0 Å². The Morgan fingerprint density at radius 2 is 1.94 bits per heavy atom. The van der Waals surface area contributed by atoms with E-state index in [-0.39, 0.29) is 24.4 Å². The van der Waals surface area contributed by atoms with Crippen molar-refractivity contribution in [3.05, 3.63) is 33.8 Å². The summed E-state index contributed by atoms with van der Waals surface area (Å²) in [6, 6.07) is 4.80. The Hall–Kier alpha value is -1.20. The molecule has 2 amide bonds. The number of hydrogen-bond acceptors (Lipinski definition) is 3. The summed E-state index contributed by atoms with van der Waals surface area (Å²) in [6.45, 7) is 2.03. The number of carbonyl (C=O) groups excluding carboxylic acids is 2. The van der Waals surface area contributed by atoms with E-state index in [1.54, 1.807) is 25.1 Å². The molecule has 0 saturated carbocycles. The van der Waals surface area contributed by atoms with Crippen molar-refractivity contribution in [1.82, 2.24) is 4.90 Å². The summed E-state index contributed by atoms with van der Waals surface area (Å²) in [5.41, 5.74) is 6.38. The van der Waals surface area contributed by atoms with E-state index >= 15 is 0 Å². The molecule has 1 heterocycles. The van der Waals surface area contributed by atoms with Crippen LogP contribution in [0.1, 0.15) is 27.6 Å². The molecular formula is C11H11BrN2O2. The van der Waals surface area contributed by atoms with Crippen molar-refractivity contribution in [2.45, 2.75) is 13.0 Å². The maximum absolute atomic E-state index is 12.0. The molecule has 0 fully saturated rings. The first-order chi connectivity index (χ1) is 7.56. The minimum atomic E-state index is -0.272. The minimum Gasteiger partial charge on any atom is -0.328 e. The summed E-state index contributed by atoms with van der Waals surface area (Å²) in [6.07, 6.45) is 0. The van der Waals surface area contributed by atoms with Gasteiger partial charge in [-0.15, -0.1) is 0 Å². The number of rotatable bonds is 2. The van der Waals surface area contributed by atoms with E-state index in [1.165, 1.54) is 4.90 Å². The van der Waals surface area contributed by atoms with Gasteiger partial charge in [-0.3, -0.25) is 14.5 Å². The molecule has 0 saturated heterocycles. The van der Waals surface area contributed by atoms with E-state index in [1.807, 2.05) is 0 Å². The van der Waals surface area contributed by atoms with Gasteiger partial charge in [-0.1, -0.05) is 15.9 Å². The largest absolute Gasteiger partial charge is 0.328 e. The fourth-order valence-electron chi connectivity index (χ4n) is 1.74. The van der Waals surface area contributed by atoms with Gasteiger partial charge in [0, 0.05) is 17.1 Å². The summed E-state index contributed by atoms with van der Waals surface area (Å²) in [5.74, 6) is -0.523. The van der Waals surface area contributed by atoms with Crippen LogP contribution in [0.4, 0.5) is 0 Å². The molecule has 1 aromatic carbocycles. The van der Waals surface area contributed by atoms with Crippen LogP contribution in [-0.4, -0.2) is 29.3 Å². The zero-order valence-electron chi connectivity index (χ0n) is 8.74. The second kappa shape index (κ2) is 3.99. The fourth-order valence-corrected chi connectivity index (χ4v) is 2.10. The highest BCUT2D eigenvalue weighted by Gasteiger charge is 2.37. The smallest absolute Gasteiger partial charge is 0.261 e. The molecule has 0 aliphatic carbocycles. The fraction of sp³-hybridized carbons (Fsp3) is 0.273. The predicted octanol–water partition coefficient (Wildman–Crippen LogP) is 1.39. The van der Waals surface area contributed by atoms with Gasteiger partial charge >= 0.3 is 0 Å². The van der Waals surface area contributed by atoms with E-state index < -0.39 is 0 Å². The molecule has 2 N–H and O–H groups in total. The van der Waals surface area contributed by atoms with Crippen LogP contribution in [0.15, 0.2) is 22.7 Å². The molecule has 84 valence electrons. The second-order valence-electron chi connectivity index (χ2n) is 3.75. The Morgan fingerprint density at radius 1 is 1.31 bits per heavy atom. The van der Waals surface area contributed by atoms with Crippen LogP contribution in [0.5, 0.6) is 0 Å². The Bertz CT molecular complexity index is 473. The first kappa shape index (κ1) is 11.3. The Balaban J connectivity index is 2.48. The highest BCUT2D eigenvalue weighted by atomic mass is 79.9. The number of fused-ring (bicyclic) bond motifs is 1. The van der Waals surface area contributed by atoms with Crippen molar-refractivity contribution >= 4 is 27.7 Å². The molecule has 1 aliphatic rings. The number of carbonyl (C=O) groups is 2. The summed E-state index contributed by atoms with van der Waals surface area (Å²) < 4.78 is 0.787. The maximum atomic E-state index is 12.0. The molecule has 1 unspecified atom stereocenters. The highest BCUT2D eigenvalue weighted by molar-refractivity contribution is 9.10. The van der Waals surface area contributed by atoms with Crippen LogP contribution in [-0.2, 0) is 0 Å². The van der Waals surface area contributed by atoms with E-state index in [0.29, 0.717) is 11.1 Å². The van der Waals surface area contributed by atoms with Gasteiger partial charge in [-0.25, -0.2) is 0 Å². The van der Waals surface area contributed by atoms with Gasteiger partial charge in [-0.05, 0) is 25.1 Å². The molecule has 4 nitrogen and oxygen atoms in total. The third-order valence-electron chi connectivity index (χ3n) is 2.66. The summed E-state index contributed by atoms with van der Waals surface area (Å²) >= 11 is 3.28. The van der Waals surface area contributed by atoms with Gasteiger partial charge in [0.25, 0.3) is 11.8 Å². The third-order valence-corrected chi connectivity index (χ3v) is 3.16. The number of nitrogens with two attached hydrogens (primary N) is 1. The zero-order valence-corrected chi connectivity index (χ0v) is 10.3. The molecule has 2 rings (SSSR count). The minimum absolute atomic E-state index is 0.259. The molecular weight excluding hydrogens is 272 g/mol. The molecule has 1 aliphatic heterocycles. The molecule has 0 spiro atoms. The Kier molecular flexibility index (Phi) is 2.82.